The minimum atomic E-state index is -0.826. The lowest BCUT2D eigenvalue weighted by Crippen LogP contribution is -2.66. The van der Waals surface area contributed by atoms with Gasteiger partial charge >= 0.3 is 5.97 Å². The Kier molecular flexibility index (Phi) is 5.20. The van der Waals surface area contributed by atoms with E-state index in [0.29, 0.717) is 31.1 Å². The molecule has 4 fully saturated rings. The second-order valence-electron chi connectivity index (χ2n) is 14.8. The van der Waals surface area contributed by atoms with Crippen molar-refractivity contribution >= 4 is 5.97 Å². The largest absolute Gasteiger partial charge is 0.481 e. The molecule has 192 valence electrons. The van der Waals surface area contributed by atoms with Gasteiger partial charge in [-0.25, -0.2) is 0 Å². The molecular formula is C30H48O4. The standard InChI is InChI=1S/C30H48O4/c1-18-23-19-8-9-21-26(4)12-11-22(31)25(2,3)20(26)10-13-28(21,6)27(19,5)14-16-30(23,24(32)33)17-15-29(18,7)34/h8,18,20-23,31,34H,9-17H2,1-7H3,(H,32,33)/t18-,20+,21-,22-,23+,26+,27-,28-,29+,30-/m1/s1. The highest BCUT2D eigenvalue weighted by molar-refractivity contribution is 5.77. The monoisotopic (exact) mass is 472 g/mol. The van der Waals surface area contributed by atoms with Gasteiger partial charge in [0.05, 0.1) is 17.1 Å². The molecule has 0 aliphatic heterocycles. The molecule has 5 aliphatic rings. The number of aliphatic hydroxyl groups excluding tert-OH is 1. The zero-order valence-corrected chi connectivity index (χ0v) is 22.6. The van der Waals surface area contributed by atoms with Crippen LogP contribution in [-0.2, 0) is 4.79 Å². The molecule has 3 N–H and O–H groups in total. The second kappa shape index (κ2) is 7.12. The molecule has 0 aromatic carbocycles. The molecule has 5 aliphatic carbocycles. The van der Waals surface area contributed by atoms with Crippen LogP contribution in [0.3, 0.4) is 0 Å². The summed E-state index contributed by atoms with van der Waals surface area (Å²) in [5.74, 6) is 0.223. The number of allylic oxidation sites excluding steroid dienone is 2. The summed E-state index contributed by atoms with van der Waals surface area (Å²) in [4.78, 5) is 12.8. The first kappa shape index (κ1) is 24.8. The molecule has 4 nitrogen and oxygen atoms in total. The van der Waals surface area contributed by atoms with Crippen molar-refractivity contribution in [2.75, 3.05) is 0 Å². The first-order valence-electron chi connectivity index (χ1n) is 13.9. The van der Waals surface area contributed by atoms with Crippen molar-refractivity contribution in [2.45, 2.75) is 118 Å². The van der Waals surface area contributed by atoms with Crippen molar-refractivity contribution in [1.29, 1.82) is 0 Å². The summed E-state index contributed by atoms with van der Waals surface area (Å²) in [6.07, 6.45) is 10.2. The van der Waals surface area contributed by atoms with E-state index in [1.165, 1.54) is 5.57 Å². The quantitative estimate of drug-likeness (QED) is 0.397. The molecule has 0 saturated heterocycles. The van der Waals surface area contributed by atoms with Crippen LogP contribution >= 0.6 is 0 Å². The average Bonchev–Trinajstić information content (AvgIpc) is 2.74. The number of aliphatic carboxylic acids is 1. The summed E-state index contributed by atoms with van der Waals surface area (Å²) in [5, 5.41) is 32.7. The van der Waals surface area contributed by atoms with E-state index in [0.717, 1.165) is 38.5 Å². The van der Waals surface area contributed by atoms with Gasteiger partial charge in [0, 0.05) is 5.92 Å². The second-order valence-corrected chi connectivity index (χ2v) is 14.8. The predicted molar refractivity (Wildman–Crippen MR) is 134 cm³/mol. The van der Waals surface area contributed by atoms with Crippen molar-refractivity contribution in [2.24, 2.45) is 50.7 Å². The average molecular weight is 473 g/mol. The zero-order chi connectivity index (χ0) is 25.1. The van der Waals surface area contributed by atoms with Crippen LogP contribution < -0.4 is 0 Å². The van der Waals surface area contributed by atoms with E-state index in [4.69, 9.17) is 0 Å². The number of carboxylic acid groups (broad SMARTS) is 1. The molecule has 0 aromatic rings. The number of hydrogen-bond acceptors (Lipinski definition) is 3. The highest BCUT2D eigenvalue weighted by Gasteiger charge is 2.70. The summed E-state index contributed by atoms with van der Waals surface area (Å²) >= 11 is 0. The number of hydrogen-bond donors (Lipinski definition) is 3. The SMILES string of the molecule is C[C@@H]1[C@H]2C3=CC[C@@H]4[C@@]5(C)CC[C@@H](O)C(C)(C)[C@@H]5CC[C@@]4(C)[C@]3(C)CC[C@@]2(C(=O)O)CC[C@]1(C)O. The third-order valence-electron chi connectivity index (χ3n) is 13.5. The lowest BCUT2D eigenvalue weighted by molar-refractivity contribution is -0.211. The molecule has 5 rings (SSSR count). The van der Waals surface area contributed by atoms with Crippen molar-refractivity contribution in [1.82, 2.24) is 0 Å². The minimum Gasteiger partial charge on any atom is -0.481 e. The normalized spacial score (nSPS) is 56.3. The maximum Gasteiger partial charge on any atom is 0.310 e. The Morgan fingerprint density at radius 1 is 0.912 bits per heavy atom. The van der Waals surface area contributed by atoms with E-state index in [9.17, 15) is 20.1 Å². The Labute approximate surface area is 206 Å². The number of rotatable bonds is 1. The summed E-state index contributed by atoms with van der Waals surface area (Å²) < 4.78 is 0. The van der Waals surface area contributed by atoms with E-state index >= 15 is 0 Å². The lowest BCUT2D eigenvalue weighted by atomic mass is 9.33. The fourth-order valence-electron chi connectivity index (χ4n) is 10.8. The van der Waals surface area contributed by atoms with Gasteiger partial charge in [-0.2, -0.15) is 0 Å². The molecule has 4 saturated carbocycles. The first-order valence-corrected chi connectivity index (χ1v) is 13.9. The number of carbonyl (C=O) groups is 1. The van der Waals surface area contributed by atoms with Crippen LogP contribution in [0.1, 0.15) is 106 Å². The van der Waals surface area contributed by atoms with E-state index in [2.05, 4.69) is 47.6 Å². The van der Waals surface area contributed by atoms with Gasteiger partial charge in [0.2, 0.25) is 0 Å². The minimum absolute atomic E-state index is 0.0462. The van der Waals surface area contributed by atoms with Crippen molar-refractivity contribution in [3.8, 4) is 0 Å². The fraction of sp³-hybridized carbons (Fsp3) is 0.900. The van der Waals surface area contributed by atoms with Crippen LogP contribution in [0.5, 0.6) is 0 Å². The van der Waals surface area contributed by atoms with Crippen molar-refractivity contribution in [3.05, 3.63) is 11.6 Å². The smallest absolute Gasteiger partial charge is 0.310 e. The Morgan fingerprint density at radius 3 is 2.21 bits per heavy atom. The first-order chi connectivity index (χ1) is 15.6. The fourth-order valence-corrected chi connectivity index (χ4v) is 10.8. The van der Waals surface area contributed by atoms with Gasteiger partial charge in [0.1, 0.15) is 0 Å². The number of carboxylic acids is 1. The van der Waals surface area contributed by atoms with Gasteiger partial charge in [-0.3, -0.25) is 4.79 Å². The molecule has 10 atom stereocenters. The number of fused-ring (bicyclic) bond motifs is 7. The summed E-state index contributed by atoms with van der Waals surface area (Å²) in [5.41, 5.74) is -0.0392. The predicted octanol–water partition coefficient (Wildman–Crippen LogP) is 6.20. The Balaban J connectivity index is 1.62. The lowest BCUT2D eigenvalue weighted by Gasteiger charge is -2.71. The maximum absolute atomic E-state index is 12.8. The third kappa shape index (κ3) is 2.76. The summed E-state index contributed by atoms with van der Waals surface area (Å²) in [7, 11) is 0. The van der Waals surface area contributed by atoms with Crippen LogP contribution in [0.15, 0.2) is 11.6 Å². The van der Waals surface area contributed by atoms with Crippen molar-refractivity contribution in [3.63, 3.8) is 0 Å². The van der Waals surface area contributed by atoms with E-state index in [1.807, 2.05) is 6.92 Å². The Hall–Kier alpha value is -0.870. The molecule has 0 aromatic heterocycles. The molecule has 0 heterocycles. The van der Waals surface area contributed by atoms with Crippen LogP contribution in [0.4, 0.5) is 0 Å². The molecular weight excluding hydrogens is 424 g/mol. The molecule has 0 radical (unpaired) electrons. The molecule has 0 amide bonds. The van der Waals surface area contributed by atoms with Gasteiger partial charge in [-0.15, -0.1) is 0 Å². The number of aliphatic hydroxyl groups is 2. The van der Waals surface area contributed by atoms with Gasteiger partial charge in [-0.1, -0.05) is 53.2 Å². The van der Waals surface area contributed by atoms with Gasteiger partial charge in [-0.05, 0) is 104 Å². The maximum atomic E-state index is 12.8. The van der Waals surface area contributed by atoms with Crippen molar-refractivity contribution < 1.29 is 20.1 Å². The molecule has 0 spiro atoms. The summed E-state index contributed by atoms with van der Waals surface area (Å²) in [6.45, 7) is 16.1. The summed E-state index contributed by atoms with van der Waals surface area (Å²) in [6, 6.07) is 0. The van der Waals surface area contributed by atoms with E-state index < -0.39 is 17.0 Å². The van der Waals surface area contributed by atoms with Crippen LogP contribution in [0.25, 0.3) is 0 Å². The van der Waals surface area contributed by atoms with Gasteiger partial charge in [0.25, 0.3) is 0 Å². The highest BCUT2D eigenvalue weighted by Crippen LogP contribution is 2.75. The Bertz CT molecular complexity index is 919. The van der Waals surface area contributed by atoms with Gasteiger partial charge in [0.15, 0.2) is 0 Å². The topological polar surface area (TPSA) is 77.8 Å². The molecule has 34 heavy (non-hydrogen) atoms. The van der Waals surface area contributed by atoms with E-state index in [1.54, 1.807) is 0 Å². The molecule has 4 heteroatoms. The Morgan fingerprint density at radius 2 is 1.56 bits per heavy atom. The molecule has 0 unspecified atom stereocenters. The third-order valence-corrected chi connectivity index (χ3v) is 13.5. The van der Waals surface area contributed by atoms with Crippen LogP contribution in [-0.4, -0.2) is 33.0 Å². The van der Waals surface area contributed by atoms with Crippen LogP contribution in [0, 0.1) is 50.7 Å². The van der Waals surface area contributed by atoms with Crippen LogP contribution in [0.2, 0.25) is 0 Å². The van der Waals surface area contributed by atoms with E-state index in [-0.39, 0.29) is 39.6 Å². The zero-order valence-electron chi connectivity index (χ0n) is 22.6. The highest BCUT2D eigenvalue weighted by atomic mass is 16.4. The van der Waals surface area contributed by atoms with Gasteiger partial charge < -0.3 is 15.3 Å². The molecule has 0 bridgehead atoms.